The number of hydrogen-bond acceptors (Lipinski definition) is 2. The summed E-state index contributed by atoms with van der Waals surface area (Å²) in [6.07, 6.45) is -2.69. The van der Waals surface area contributed by atoms with Crippen LogP contribution in [0.2, 0.25) is 5.02 Å². The molecule has 1 aliphatic rings. The Kier molecular flexibility index (Phi) is 10.0. The number of guanidine groups is 1. The van der Waals surface area contributed by atoms with Crippen molar-refractivity contribution in [2.45, 2.75) is 32.0 Å². The predicted octanol–water partition coefficient (Wildman–Crippen LogP) is 3.69. The molecular weight excluding hydrogens is 480 g/mol. The zero-order valence-electron chi connectivity index (χ0n) is 14.7. The molecule has 1 unspecified atom stereocenters. The highest BCUT2D eigenvalue weighted by Gasteiger charge is 2.34. The van der Waals surface area contributed by atoms with Crippen LogP contribution in [0.5, 0.6) is 0 Å². The lowest BCUT2D eigenvalue weighted by Gasteiger charge is -2.19. The second kappa shape index (κ2) is 11.2. The maximum absolute atomic E-state index is 12.5. The van der Waals surface area contributed by atoms with E-state index in [0.29, 0.717) is 43.6 Å². The van der Waals surface area contributed by atoms with Crippen LogP contribution in [0.1, 0.15) is 18.9 Å². The summed E-state index contributed by atoms with van der Waals surface area (Å²) >= 11 is 5.86. The zero-order valence-corrected chi connectivity index (χ0v) is 17.7. The number of nitrogens with one attached hydrogen (secondary N) is 2. The van der Waals surface area contributed by atoms with E-state index in [1.54, 1.807) is 0 Å². The average Bonchev–Trinajstić information content (AvgIpc) is 2.94. The third kappa shape index (κ3) is 8.77. The monoisotopic (exact) mass is 504 g/mol. The van der Waals surface area contributed by atoms with Gasteiger partial charge in [0.25, 0.3) is 0 Å². The van der Waals surface area contributed by atoms with Crippen LogP contribution in [0.3, 0.4) is 0 Å². The normalized spacial score (nSPS) is 18.5. The summed E-state index contributed by atoms with van der Waals surface area (Å²) in [5.74, 6) is 0.648. The molecule has 0 saturated carbocycles. The van der Waals surface area contributed by atoms with Crippen LogP contribution < -0.4 is 10.6 Å². The van der Waals surface area contributed by atoms with Crippen molar-refractivity contribution < 1.29 is 13.2 Å². The van der Waals surface area contributed by atoms with E-state index in [1.165, 1.54) is 4.90 Å². The Balaban J connectivity index is 0.00000338. The Morgan fingerprint density at radius 2 is 2.00 bits per heavy atom. The predicted molar refractivity (Wildman–Crippen MR) is 111 cm³/mol. The van der Waals surface area contributed by atoms with E-state index in [4.69, 9.17) is 11.6 Å². The zero-order chi connectivity index (χ0) is 18.3. The fraction of sp³-hybridized carbons (Fsp3) is 0.588. The molecule has 0 amide bonds. The van der Waals surface area contributed by atoms with Gasteiger partial charge < -0.3 is 10.6 Å². The Bertz CT molecular complexity index is 566. The molecule has 9 heteroatoms. The van der Waals surface area contributed by atoms with Gasteiger partial charge in [0.2, 0.25) is 0 Å². The number of alkyl halides is 3. The summed E-state index contributed by atoms with van der Waals surface area (Å²) in [6, 6.07) is 7.60. The van der Waals surface area contributed by atoms with Gasteiger partial charge in [0.05, 0.1) is 6.54 Å². The molecule has 4 nitrogen and oxygen atoms in total. The van der Waals surface area contributed by atoms with Crippen molar-refractivity contribution in [3.05, 3.63) is 34.9 Å². The molecule has 1 aromatic carbocycles. The van der Waals surface area contributed by atoms with Gasteiger partial charge in [0.1, 0.15) is 0 Å². The number of rotatable bonds is 6. The fourth-order valence-corrected chi connectivity index (χ4v) is 2.93. The van der Waals surface area contributed by atoms with Gasteiger partial charge in [-0.2, -0.15) is 13.2 Å². The molecule has 2 rings (SSSR count). The maximum atomic E-state index is 12.5. The highest BCUT2D eigenvalue weighted by Crippen LogP contribution is 2.19. The molecule has 0 aliphatic carbocycles. The van der Waals surface area contributed by atoms with Gasteiger partial charge in [-0.25, -0.2) is 0 Å². The Morgan fingerprint density at radius 1 is 1.31 bits per heavy atom. The Morgan fingerprint density at radius 3 is 2.62 bits per heavy atom. The molecule has 0 radical (unpaired) electrons. The van der Waals surface area contributed by atoms with Crippen molar-refractivity contribution in [1.29, 1.82) is 0 Å². The second-order valence-corrected chi connectivity index (χ2v) is 6.55. The first-order valence-corrected chi connectivity index (χ1v) is 8.82. The van der Waals surface area contributed by atoms with Gasteiger partial charge in [0.15, 0.2) is 5.96 Å². The van der Waals surface area contributed by atoms with Crippen molar-refractivity contribution in [3.63, 3.8) is 0 Å². The Labute approximate surface area is 174 Å². The first-order valence-electron chi connectivity index (χ1n) is 8.44. The first kappa shape index (κ1) is 23.3. The second-order valence-electron chi connectivity index (χ2n) is 6.12. The third-order valence-corrected chi connectivity index (χ3v) is 4.20. The highest BCUT2D eigenvalue weighted by atomic mass is 127. The van der Waals surface area contributed by atoms with Gasteiger partial charge in [-0.05, 0) is 37.5 Å². The molecule has 1 heterocycles. The SMILES string of the molecule is CCNC(=NCCc1ccc(Cl)cc1)NC1CCN(CC(F)(F)F)C1.I. The summed E-state index contributed by atoms with van der Waals surface area (Å²) < 4.78 is 37.4. The average molecular weight is 505 g/mol. The lowest BCUT2D eigenvalue weighted by Crippen LogP contribution is -2.45. The van der Waals surface area contributed by atoms with Crippen LogP contribution in [0.15, 0.2) is 29.3 Å². The number of aliphatic imine (C=N–C) groups is 1. The molecule has 2 N–H and O–H groups in total. The van der Waals surface area contributed by atoms with Crippen molar-refractivity contribution in [1.82, 2.24) is 15.5 Å². The van der Waals surface area contributed by atoms with Crippen molar-refractivity contribution in [2.24, 2.45) is 4.99 Å². The summed E-state index contributed by atoms with van der Waals surface area (Å²) in [4.78, 5) is 5.94. The lowest BCUT2D eigenvalue weighted by atomic mass is 10.1. The number of halogens is 5. The summed E-state index contributed by atoms with van der Waals surface area (Å²) in [6.45, 7) is 3.22. The van der Waals surface area contributed by atoms with E-state index < -0.39 is 12.7 Å². The smallest absolute Gasteiger partial charge is 0.357 e. The van der Waals surface area contributed by atoms with Crippen molar-refractivity contribution in [2.75, 3.05) is 32.7 Å². The molecule has 1 fully saturated rings. The number of benzene rings is 1. The van der Waals surface area contributed by atoms with Crippen LogP contribution in [0.4, 0.5) is 13.2 Å². The van der Waals surface area contributed by atoms with Crippen LogP contribution >= 0.6 is 35.6 Å². The summed E-state index contributed by atoms with van der Waals surface area (Å²) in [5, 5.41) is 7.08. The molecule has 1 aromatic rings. The minimum Gasteiger partial charge on any atom is -0.357 e. The van der Waals surface area contributed by atoms with E-state index in [9.17, 15) is 13.2 Å². The largest absolute Gasteiger partial charge is 0.401 e. The van der Waals surface area contributed by atoms with E-state index in [0.717, 1.165) is 12.0 Å². The molecule has 1 aliphatic heterocycles. The maximum Gasteiger partial charge on any atom is 0.401 e. The minimum absolute atomic E-state index is 0. The standard InChI is InChI=1S/C17H24ClF3N4.HI/c1-2-22-16(23-9-7-13-3-5-14(18)6-4-13)24-15-8-10-25(11-15)12-17(19,20)21;/h3-6,15H,2,7-12H2,1H3,(H2,22,23,24);1H. The van der Waals surface area contributed by atoms with Gasteiger partial charge >= 0.3 is 6.18 Å². The molecule has 0 spiro atoms. The van der Waals surface area contributed by atoms with Crippen LogP contribution in [-0.4, -0.2) is 55.8 Å². The quantitative estimate of drug-likeness (QED) is 0.353. The molecule has 1 atom stereocenters. The minimum atomic E-state index is -4.15. The molecule has 1 saturated heterocycles. The third-order valence-electron chi connectivity index (χ3n) is 3.94. The van der Waals surface area contributed by atoms with E-state index in [2.05, 4.69) is 15.6 Å². The lowest BCUT2D eigenvalue weighted by molar-refractivity contribution is -0.143. The topological polar surface area (TPSA) is 39.7 Å². The molecule has 26 heavy (non-hydrogen) atoms. The number of likely N-dealkylation sites (tertiary alicyclic amines) is 1. The Hall–Kier alpha value is -0.740. The van der Waals surface area contributed by atoms with Crippen LogP contribution in [0.25, 0.3) is 0 Å². The molecule has 148 valence electrons. The summed E-state index contributed by atoms with van der Waals surface area (Å²) in [5.41, 5.74) is 1.14. The van der Waals surface area contributed by atoms with Crippen LogP contribution in [-0.2, 0) is 6.42 Å². The van der Waals surface area contributed by atoms with Crippen molar-refractivity contribution >= 4 is 41.5 Å². The first-order chi connectivity index (χ1) is 11.9. The molecular formula is C17H25ClF3IN4. The number of hydrogen-bond donors (Lipinski definition) is 2. The molecule has 0 bridgehead atoms. The highest BCUT2D eigenvalue weighted by molar-refractivity contribution is 14.0. The fourth-order valence-electron chi connectivity index (χ4n) is 2.81. The van der Waals surface area contributed by atoms with Crippen molar-refractivity contribution in [3.8, 4) is 0 Å². The summed E-state index contributed by atoms with van der Waals surface area (Å²) in [7, 11) is 0. The van der Waals surface area contributed by atoms with Gasteiger partial charge in [0, 0.05) is 37.2 Å². The van der Waals surface area contributed by atoms with Gasteiger partial charge in [-0.3, -0.25) is 9.89 Å². The van der Waals surface area contributed by atoms with Gasteiger partial charge in [-0.1, -0.05) is 23.7 Å². The molecule has 0 aromatic heterocycles. The van der Waals surface area contributed by atoms with E-state index in [1.807, 2.05) is 31.2 Å². The van der Waals surface area contributed by atoms with Crippen LogP contribution in [0, 0.1) is 0 Å². The van der Waals surface area contributed by atoms with E-state index in [-0.39, 0.29) is 30.0 Å². The number of nitrogens with zero attached hydrogens (tertiary/aromatic N) is 2. The van der Waals surface area contributed by atoms with Gasteiger partial charge in [-0.15, -0.1) is 24.0 Å². The van der Waals surface area contributed by atoms with E-state index >= 15 is 0 Å².